The summed E-state index contributed by atoms with van der Waals surface area (Å²) in [5.41, 5.74) is 0.644. The van der Waals surface area contributed by atoms with Gasteiger partial charge < -0.3 is 4.74 Å². The van der Waals surface area contributed by atoms with E-state index in [4.69, 9.17) is 4.74 Å². The van der Waals surface area contributed by atoms with Gasteiger partial charge in [0.2, 0.25) is 0 Å². The molecule has 0 spiro atoms. The van der Waals surface area contributed by atoms with Gasteiger partial charge in [-0.1, -0.05) is 18.9 Å². The van der Waals surface area contributed by atoms with Crippen LogP contribution in [-0.2, 0) is 4.74 Å². The van der Waals surface area contributed by atoms with Gasteiger partial charge in [-0.25, -0.2) is 4.79 Å². The minimum Gasteiger partial charge on any atom is -0.465 e. The van der Waals surface area contributed by atoms with Crippen molar-refractivity contribution >= 4 is 17.7 Å². The molecule has 0 N–H and O–H groups in total. The van der Waals surface area contributed by atoms with Crippen molar-refractivity contribution in [3.63, 3.8) is 0 Å². The molecule has 1 fully saturated rings. The molecule has 3 heteroatoms. The third kappa shape index (κ3) is 2.79. The molecule has 0 radical (unpaired) electrons. The maximum absolute atomic E-state index is 11.4. The number of rotatable bonds is 3. The molecule has 2 rings (SSSR count). The third-order valence-electron chi connectivity index (χ3n) is 2.86. The van der Waals surface area contributed by atoms with Crippen LogP contribution < -0.4 is 0 Å². The number of carbonyl (C=O) groups is 1. The third-order valence-corrected chi connectivity index (χ3v) is 4.19. The highest BCUT2D eigenvalue weighted by atomic mass is 32.2. The van der Waals surface area contributed by atoms with Crippen molar-refractivity contribution in [3.05, 3.63) is 29.8 Å². The summed E-state index contributed by atoms with van der Waals surface area (Å²) < 4.78 is 4.71. The minimum absolute atomic E-state index is 0.256. The summed E-state index contributed by atoms with van der Waals surface area (Å²) in [6.07, 6.45) is 5.28. The monoisotopic (exact) mass is 236 g/mol. The van der Waals surface area contributed by atoms with Gasteiger partial charge in [-0.05, 0) is 31.0 Å². The van der Waals surface area contributed by atoms with E-state index in [0.717, 1.165) is 5.25 Å². The Balaban J connectivity index is 2.06. The van der Waals surface area contributed by atoms with Gasteiger partial charge in [0.05, 0.1) is 12.7 Å². The average molecular weight is 236 g/mol. The lowest BCUT2D eigenvalue weighted by molar-refractivity contribution is 0.0600. The lowest BCUT2D eigenvalue weighted by atomic mass is 10.2. The van der Waals surface area contributed by atoms with Crippen LogP contribution in [0.4, 0.5) is 0 Å². The van der Waals surface area contributed by atoms with E-state index in [9.17, 15) is 4.79 Å². The van der Waals surface area contributed by atoms with Crippen molar-refractivity contribution in [2.75, 3.05) is 7.11 Å². The summed E-state index contributed by atoms with van der Waals surface area (Å²) in [6.45, 7) is 0. The zero-order valence-electron chi connectivity index (χ0n) is 9.44. The summed E-state index contributed by atoms with van der Waals surface area (Å²) in [6, 6.07) is 7.71. The van der Waals surface area contributed by atoms with E-state index >= 15 is 0 Å². The van der Waals surface area contributed by atoms with Gasteiger partial charge in [0.1, 0.15) is 0 Å². The molecule has 0 atom stereocenters. The first kappa shape index (κ1) is 11.5. The fourth-order valence-corrected chi connectivity index (χ4v) is 3.32. The Morgan fingerprint density at radius 3 is 2.81 bits per heavy atom. The molecular formula is C13H16O2S. The molecule has 0 bridgehead atoms. The predicted molar refractivity (Wildman–Crippen MR) is 65.9 cm³/mol. The first-order valence-electron chi connectivity index (χ1n) is 5.64. The first-order chi connectivity index (χ1) is 7.79. The number of ether oxygens (including phenoxy) is 1. The van der Waals surface area contributed by atoms with E-state index in [2.05, 4.69) is 6.07 Å². The lowest BCUT2D eigenvalue weighted by Crippen LogP contribution is -2.01. The van der Waals surface area contributed by atoms with Crippen molar-refractivity contribution < 1.29 is 9.53 Å². The lowest BCUT2D eigenvalue weighted by Gasteiger charge is -2.09. The molecule has 1 aromatic rings. The van der Waals surface area contributed by atoms with Crippen LogP contribution in [0.3, 0.4) is 0 Å². The van der Waals surface area contributed by atoms with Crippen LogP contribution in [0.5, 0.6) is 0 Å². The fraction of sp³-hybridized carbons (Fsp3) is 0.462. The predicted octanol–water partition coefficient (Wildman–Crippen LogP) is 3.51. The van der Waals surface area contributed by atoms with Crippen LogP contribution in [0.25, 0.3) is 0 Å². The van der Waals surface area contributed by atoms with E-state index in [1.54, 1.807) is 6.07 Å². The zero-order valence-corrected chi connectivity index (χ0v) is 10.3. The van der Waals surface area contributed by atoms with Crippen LogP contribution in [0, 0.1) is 0 Å². The molecule has 1 aliphatic rings. The molecule has 0 aliphatic heterocycles. The molecule has 1 saturated carbocycles. The van der Waals surface area contributed by atoms with Crippen molar-refractivity contribution in [3.8, 4) is 0 Å². The zero-order chi connectivity index (χ0) is 11.4. The molecule has 2 nitrogen and oxygen atoms in total. The van der Waals surface area contributed by atoms with Gasteiger partial charge in [0, 0.05) is 10.1 Å². The molecule has 86 valence electrons. The summed E-state index contributed by atoms with van der Waals surface area (Å²) >= 11 is 1.89. The number of hydrogen-bond acceptors (Lipinski definition) is 3. The highest BCUT2D eigenvalue weighted by Gasteiger charge is 2.16. The highest BCUT2D eigenvalue weighted by molar-refractivity contribution is 8.00. The Kier molecular flexibility index (Phi) is 3.88. The van der Waals surface area contributed by atoms with Crippen LogP contribution in [0.15, 0.2) is 29.2 Å². The maximum Gasteiger partial charge on any atom is 0.337 e. The Labute approximate surface area is 100 Å². The normalized spacial score (nSPS) is 16.3. The van der Waals surface area contributed by atoms with E-state index in [-0.39, 0.29) is 5.97 Å². The van der Waals surface area contributed by atoms with Gasteiger partial charge in [0.15, 0.2) is 0 Å². The standard InChI is InChI=1S/C13H16O2S/c1-15-13(14)10-5-4-8-12(9-10)16-11-6-2-3-7-11/h4-5,8-9,11H,2-3,6-7H2,1H3. The SMILES string of the molecule is COC(=O)c1cccc(SC2CCCC2)c1. The van der Waals surface area contributed by atoms with Crippen molar-refractivity contribution in [2.24, 2.45) is 0 Å². The van der Waals surface area contributed by atoms with Gasteiger partial charge in [-0.2, -0.15) is 0 Å². The molecule has 0 unspecified atom stereocenters. The largest absolute Gasteiger partial charge is 0.465 e. The molecule has 1 aromatic carbocycles. The van der Waals surface area contributed by atoms with E-state index in [1.165, 1.54) is 37.7 Å². The van der Waals surface area contributed by atoms with Crippen molar-refractivity contribution in [2.45, 2.75) is 35.8 Å². The van der Waals surface area contributed by atoms with Crippen LogP contribution in [0.2, 0.25) is 0 Å². The second kappa shape index (κ2) is 5.39. The van der Waals surface area contributed by atoms with Crippen molar-refractivity contribution in [1.82, 2.24) is 0 Å². The summed E-state index contributed by atoms with van der Waals surface area (Å²) in [5, 5.41) is 0.730. The topological polar surface area (TPSA) is 26.3 Å². The Hall–Kier alpha value is -0.960. The first-order valence-corrected chi connectivity index (χ1v) is 6.52. The van der Waals surface area contributed by atoms with E-state index in [0.29, 0.717) is 5.56 Å². The molecule has 0 amide bonds. The van der Waals surface area contributed by atoms with Gasteiger partial charge in [-0.3, -0.25) is 0 Å². The minimum atomic E-state index is -0.256. The number of esters is 1. The Morgan fingerprint density at radius 2 is 2.12 bits per heavy atom. The number of hydrogen-bond donors (Lipinski definition) is 0. The molecule has 0 aromatic heterocycles. The molecular weight excluding hydrogens is 220 g/mol. The number of carbonyl (C=O) groups excluding carboxylic acids is 1. The van der Waals surface area contributed by atoms with Gasteiger partial charge in [0.25, 0.3) is 0 Å². The fourth-order valence-electron chi connectivity index (χ4n) is 2.01. The molecule has 0 heterocycles. The highest BCUT2D eigenvalue weighted by Crippen LogP contribution is 2.34. The molecule has 16 heavy (non-hydrogen) atoms. The molecule has 0 saturated heterocycles. The van der Waals surface area contributed by atoms with Crippen LogP contribution in [-0.4, -0.2) is 18.3 Å². The van der Waals surface area contributed by atoms with Crippen molar-refractivity contribution in [1.29, 1.82) is 0 Å². The van der Waals surface area contributed by atoms with E-state index < -0.39 is 0 Å². The van der Waals surface area contributed by atoms with E-state index in [1.807, 2.05) is 23.9 Å². The summed E-state index contributed by atoms with van der Waals surface area (Å²) in [4.78, 5) is 12.5. The average Bonchev–Trinajstić information content (AvgIpc) is 2.81. The summed E-state index contributed by atoms with van der Waals surface area (Å²) in [5.74, 6) is -0.256. The number of methoxy groups -OCH3 is 1. The number of thioether (sulfide) groups is 1. The second-order valence-corrected chi connectivity index (χ2v) is 5.42. The summed E-state index contributed by atoms with van der Waals surface area (Å²) in [7, 11) is 1.42. The second-order valence-electron chi connectivity index (χ2n) is 4.04. The maximum atomic E-state index is 11.4. The van der Waals surface area contributed by atoms with Crippen LogP contribution in [0.1, 0.15) is 36.0 Å². The quantitative estimate of drug-likeness (QED) is 0.751. The molecule has 1 aliphatic carbocycles. The van der Waals surface area contributed by atoms with Crippen LogP contribution >= 0.6 is 11.8 Å². The Morgan fingerprint density at radius 1 is 1.38 bits per heavy atom. The van der Waals surface area contributed by atoms with Gasteiger partial charge in [-0.15, -0.1) is 11.8 Å². The van der Waals surface area contributed by atoms with Gasteiger partial charge >= 0.3 is 5.97 Å². The Bertz CT molecular complexity index is 370. The number of benzene rings is 1. The smallest absolute Gasteiger partial charge is 0.337 e.